The maximum Gasteiger partial charge on any atom is 0.253 e. The molecule has 17 heavy (non-hydrogen) atoms. The number of ether oxygens (including phenoxy) is 1. The number of halogens is 1. The van der Waals surface area contributed by atoms with Gasteiger partial charge in [0.1, 0.15) is 5.75 Å². The van der Waals surface area contributed by atoms with E-state index in [1.54, 1.807) is 13.2 Å². The number of rotatable bonds is 3. The van der Waals surface area contributed by atoms with E-state index < -0.39 is 5.24 Å². The first-order valence-electron chi connectivity index (χ1n) is 5.15. The van der Waals surface area contributed by atoms with Crippen LogP contribution in [0.1, 0.15) is 10.4 Å². The van der Waals surface area contributed by atoms with Gasteiger partial charge < -0.3 is 4.74 Å². The lowest BCUT2D eigenvalue weighted by Crippen LogP contribution is -1.95. The van der Waals surface area contributed by atoms with Crippen molar-refractivity contribution in [3.63, 3.8) is 0 Å². The first-order valence-corrected chi connectivity index (χ1v) is 5.53. The molecule has 3 heteroatoms. The standard InChI is InChI=1S/C14H11ClO2/c1-17-11-7-8-12(13(9-11)14(15)16)10-5-3-2-4-6-10/h2-9H,1H3. The molecule has 0 radical (unpaired) electrons. The van der Waals surface area contributed by atoms with Crippen LogP contribution in [0.15, 0.2) is 48.5 Å². The van der Waals surface area contributed by atoms with Crippen LogP contribution in [0.4, 0.5) is 0 Å². The Labute approximate surface area is 105 Å². The van der Waals surface area contributed by atoms with Gasteiger partial charge in [-0.25, -0.2) is 0 Å². The number of carbonyl (C=O) groups is 1. The smallest absolute Gasteiger partial charge is 0.253 e. The molecule has 0 fully saturated rings. The summed E-state index contributed by atoms with van der Waals surface area (Å²) in [6, 6.07) is 14.9. The molecule has 0 aliphatic heterocycles. The molecule has 2 aromatic carbocycles. The maximum atomic E-state index is 11.4. The van der Waals surface area contributed by atoms with E-state index in [0.29, 0.717) is 11.3 Å². The summed E-state index contributed by atoms with van der Waals surface area (Å²) in [4.78, 5) is 11.4. The van der Waals surface area contributed by atoms with E-state index in [4.69, 9.17) is 16.3 Å². The zero-order valence-corrected chi connectivity index (χ0v) is 10.1. The molecule has 2 rings (SSSR count). The zero-order chi connectivity index (χ0) is 12.3. The van der Waals surface area contributed by atoms with Crippen LogP contribution in [0.3, 0.4) is 0 Å². The molecule has 2 aromatic rings. The molecule has 0 unspecified atom stereocenters. The molecule has 0 aromatic heterocycles. The van der Waals surface area contributed by atoms with Crippen molar-refractivity contribution in [3.8, 4) is 16.9 Å². The highest BCUT2D eigenvalue weighted by Crippen LogP contribution is 2.28. The number of hydrogen-bond acceptors (Lipinski definition) is 2. The summed E-state index contributed by atoms with van der Waals surface area (Å²) in [6.45, 7) is 0. The summed E-state index contributed by atoms with van der Waals surface area (Å²) in [5.41, 5.74) is 2.22. The van der Waals surface area contributed by atoms with E-state index in [2.05, 4.69) is 0 Å². The first kappa shape index (κ1) is 11.7. The van der Waals surface area contributed by atoms with E-state index in [-0.39, 0.29) is 0 Å². The highest BCUT2D eigenvalue weighted by molar-refractivity contribution is 6.68. The van der Waals surface area contributed by atoms with E-state index in [0.717, 1.165) is 11.1 Å². The molecule has 0 saturated heterocycles. The molecule has 86 valence electrons. The van der Waals surface area contributed by atoms with Gasteiger partial charge in [-0.05, 0) is 40.9 Å². The van der Waals surface area contributed by atoms with Crippen molar-refractivity contribution in [2.45, 2.75) is 0 Å². The molecule has 0 bridgehead atoms. The molecule has 0 N–H and O–H groups in total. The van der Waals surface area contributed by atoms with Crippen molar-refractivity contribution >= 4 is 16.8 Å². The molecule has 0 amide bonds. The topological polar surface area (TPSA) is 26.3 Å². The average Bonchev–Trinajstić information content (AvgIpc) is 2.39. The van der Waals surface area contributed by atoms with Gasteiger partial charge in [0.05, 0.1) is 7.11 Å². The molecule has 0 saturated carbocycles. The fourth-order valence-electron chi connectivity index (χ4n) is 1.68. The summed E-state index contributed by atoms with van der Waals surface area (Å²) < 4.78 is 5.09. The zero-order valence-electron chi connectivity index (χ0n) is 9.31. The Morgan fingerprint density at radius 3 is 2.41 bits per heavy atom. The predicted octanol–water partition coefficient (Wildman–Crippen LogP) is 3.74. The summed E-state index contributed by atoms with van der Waals surface area (Å²) in [5, 5.41) is -0.484. The Morgan fingerprint density at radius 1 is 1.12 bits per heavy atom. The lowest BCUT2D eigenvalue weighted by atomic mass is 10.00. The number of benzene rings is 2. The Hall–Kier alpha value is -1.80. The summed E-state index contributed by atoms with van der Waals surface area (Å²) >= 11 is 5.59. The Morgan fingerprint density at radius 2 is 1.82 bits per heavy atom. The van der Waals surface area contributed by atoms with Gasteiger partial charge in [-0.3, -0.25) is 4.79 Å². The fraction of sp³-hybridized carbons (Fsp3) is 0.0714. The largest absolute Gasteiger partial charge is 0.497 e. The number of hydrogen-bond donors (Lipinski definition) is 0. The lowest BCUT2D eigenvalue weighted by molar-refractivity contribution is 0.108. The molecule has 0 aliphatic rings. The monoisotopic (exact) mass is 246 g/mol. The molecule has 2 nitrogen and oxygen atoms in total. The normalized spacial score (nSPS) is 10.0. The number of methoxy groups -OCH3 is 1. The van der Waals surface area contributed by atoms with E-state index in [1.165, 1.54) is 0 Å². The Bertz CT molecular complexity index is 535. The molecule has 0 heterocycles. The van der Waals surface area contributed by atoms with Crippen LogP contribution >= 0.6 is 11.6 Å². The highest BCUT2D eigenvalue weighted by atomic mass is 35.5. The Balaban J connectivity index is 2.58. The summed E-state index contributed by atoms with van der Waals surface area (Å²) in [6.07, 6.45) is 0. The van der Waals surface area contributed by atoms with Crippen molar-refractivity contribution in [2.75, 3.05) is 7.11 Å². The molecule has 0 spiro atoms. The second-order valence-electron chi connectivity index (χ2n) is 3.55. The van der Waals surface area contributed by atoms with E-state index in [1.807, 2.05) is 42.5 Å². The quantitative estimate of drug-likeness (QED) is 0.771. The van der Waals surface area contributed by atoms with Crippen LogP contribution in [0, 0.1) is 0 Å². The predicted molar refractivity (Wildman–Crippen MR) is 68.6 cm³/mol. The van der Waals surface area contributed by atoms with Gasteiger partial charge in [0.15, 0.2) is 0 Å². The van der Waals surface area contributed by atoms with Crippen LogP contribution in [-0.4, -0.2) is 12.4 Å². The van der Waals surface area contributed by atoms with Gasteiger partial charge in [-0.1, -0.05) is 30.3 Å². The van der Waals surface area contributed by atoms with Crippen LogP contribution in [0.5, 0.6) is 5.75 Å². The molecule has 0 atom stereocenters. The fourth-order valence-corrected chi connectivity index (χ4v) is 1.84. The highest BCUT2D eigenvalue weighted by Gasteiger charge is 2.11. The van der Waals surface area contributed by atoms with Gasteiger partial charge in [-0.2, -0.15) is 0 Å². The number of carbonyl (C=O) groups excluding carboxylic acids is 1. The lowest BCUT2D eigenvalue weighted by Gasteiger charge is -2.08. The van der Waals surface area contributed by atoms with E-state index in [9.17, 15) is 4.79 Å². The van der Waals surface area contributed by atoms with Gasteiger partial charge in [0, 0.05) is 5.56 Å². The Kier molecular flexibility index (Phi) is 3.45. The third kappa shape index (κ3) is 2.48. The first-order chi connectivity index (χ1) is 8.22. The third-order valence-electron chi connectivity index (χ3n) is 2.52. The van der Waals surface area contributed by atoms with E-state index >= 15 is 0 Å². The second kappa shape index (κ2) is 5.02. The van der Waals surface area contributed by atoms with Crippen molar-refractivity contribution in [1.82, 2.24) is 0 Å². The van der Waals surface area contributed by atoms with Crippen molar-refractivity contribution < 1.29 is 9.53 Å². The van der Waals surface area contributed by atoms with Gasteiger partial charge in [0.2, 0.25) is 0 Å². The second-order valence-corrected chi connectivity index (χ2v) is 3.89. The van der Waals surface area contributed by atoms with Crippen LogP contribution in [0.2, 0.25) is 0 Å². The van der Waals surface area contributed by atoms with Crippen molar-refractivity contribution in [2.24, 2.45) is 0 Å². The summed E-state index contributed by atoms with van der Waals surface area (Å²) in [7, 11) is 1.56. The SMILES string of the molecule is COc1ccc(-c2ccccc2)c(C(=O)Cl)c1. The molecular formula is C14H11ClO2. The third-order valence-corrected chi connectivity index (χ3v) is 2.73. The summed E-state index contributed by atoms with van der Waals surface area (Å²) in [5.74, 6) is 0.619. The van der Waals surface area contributed by atoms with Crippen LogP contribution in [-0.2, 0) is 0 Å². The minimum absolute atomic E-state index is 0.456. The minimum atomic E-state index is -0.484. The molecular weight excluding hydrogens is 236 g/mol. The molecule has 0 aliphatic carbocycles. The van der Waals surface area contributed by atoms with Gasteiger partial charge >= 0.3 is 0 Å². The average molecular weight is 247 g/mol. The van der Waals surface area contributed by atoms with Crippen LogP contribution < -0.4 is 4.74 Å². The maximum absolute atomic E-state index is 11.4. The van der Waals surface area contributed by atoms with Crippen molar-refractivity contribution in [1.29, 1.82) is 0 Å². The van der Waals surface area contributed by atoms with Gasteiger partial charge in [0.25, 0.3) is 5.24 Å². The van der Waals surface area contributed by atoms with Crippen LogP contribution in [0.25, 0.3) is 11.1 Å². The van der Waals surface area contributed by atoms with Crippen molar-refractivity contribution in [3.05, 3.63) is 54.1 Å². The minimum Gasteiger partial charge on any atom is -0.497 e. The van der Waals surface area contributed by atoms with Gasteiger partial charge in [-0.15, -0.1) is 0 Å².